The van der Waals surface area contributed by atoms with E-state index in [-0.39, 0.29) is 24.5 Å². The quantitative estimate of drug-likeness (QED) is 0.676. The Morgan fingerprint density at radius 2 is 2.18 bits per heavy atom. The zero-order valence-electron chi connectivity index (χ0n) is 10.3. The Kier molecular flexibility index (Phi) is 4.97. The first-order valence-electron chi connectivity index (χ1n) is 5.82. The zero-order valence-corrected chi connectivity index (χ0v) is 10.3. The average molecular weight is 236 g/mol. The largest absolute Gasteiger partial charge is 0.399 e. The number of nitrogens with one attached hydrogen (secondary N) is 1. The fourth-order valence-electron chi connectivity index (χ4n) is 1.64. The molecule has 0 bridgehead atoms. The molecule has 0 spiro atoms. The van der Waals surface area contributed by atoms with Crippen molar-refractivity contribution in [2.45, 2.75) is 26.3 Å². The van der Waals surface area contributed by atoms with Crippen molar-refractivity contribution in [2.75, 3.05) is 12.3 Å². The Morgan fingerprint density at radius 3 is 2.71 bits per heavy atom. The molecule has 0 aliphatic heterocycles. The Labute approximate surface area is 102 Å². The molecule has 1 aromatic carbocycles. The van der Waals surface area contributed by atoms with Gasteiger partial charge in [0.2, 0.25) is 0 Å². The van der Waals surface area contributed by atoms with Crippen LogP contribution in [-0.2, 0) is 0 Å². The van der Waals surface area contributed by atoms with Crippen LogP contribution in [0.15, 0.2) is 24.3 Å². The highest BCUT2D eigenvalue weighted by Gasteiger charge is 2.16. The van der Waals surface area contributed by atoms with E-state index in [0.717, 1.165) is 0 Å². The lowest BCUT2D eigenvalue weighted by molar-refractivity contribution is 0.0916. The van der Waals surface area contributed by atoms with Gasteiger partial charge in [0.05, 0.1) is 0 Å². The summed E-state index contributed by atoms with van der Waals surface area (Å²) < 4.78 is 0. The lowest BCUT2D eigenvalue weighted by Crippen LogP contribution is -2.39. The van der Waals surface area contributed by atoms with Crippen molar-refractivity contribution in [1.82, 2.24) is 5.32 Å². The standard InChI is InChI=1S/C13H20N2O2/c1-9(2)12(6-7-16)15-13(17)10-4-3-5-11(14)8-10/h3-5,8-9,12,16H,6-7,14H2,1-2H3,(H,15,17). The number of nitrogen functional groups attached to an aromatic ring is 1. The van der Waals surface area contributed by atoms with E-state index in [2.05, 4.69) is 5.32 Å². The molecule has 0 heterocycles. The van der Waals surface area contributed by atoms with E-state index < -0.39 is 0 Å². The molecule has 1 atom stereocenters. The smallest absolute Gasteiger partial charge is 0.251 e. The molecular weight excluding hydrogens is 216 g/mol. The highest BCUT2D eigenvalue weighted by Crippen LogP contribution is 2.10. The van der Waals surface area contributed by atoms with Gasteiger partial charge >= 0.3 is 0 Å². The number of aliphatic hydroxyl groups excluding tert-OH is 1. The molecule has 1 aromatic rings. The summed E-state index contributed by atoms with van der Waals surface area (Å²) in [6.07, 6.45) is 0.561. The fraction of sp³-hybridized carbons (Fsp3) is 0.462. The van der Waals surface area contributed by atoms with Crippen molar-refractivity contribution in [3.63, 3.8) is 0 Å². The molecule has 1 rings (SSSR count). The zero-order chi connectivity index (χ0) is 12.8. The van der Waals surface area contributed by atoms with Crippen LogP contribution < -0.4 is 11.1 Å². The van der Waals surface area contributed by atoms with Crippen molar-refractivity contribution in [3.05, 3.63) is 29.8 Å². The van der Waals surface area contributed by atoms with E-state index in [4.69, 9.17) is 10.8 Å². The first-order chi connectivity index (χ1) is 8.04. The third-order valence-electron chi connectivity index (χ3n) is 2.71. The van der Waals surface area contributed by atoms with E-state index in [9.17, 15) is 4.79 Å². The Morgan fingerprint density at radius 1 is 1.47 bits per heavy atom. The van der Waals surface area contributed by atoms with Gasteiger partial charge in [0, 0.05) is 23.9 Å². The molecule has 0 fully saturated rings. The average Bonchev–Trinajstić information content (AvgIpc) is 2.28. The molecule has 0 aliphatic carbocycles. The normalized spacial score (nSPS) is 12.5. The maximum atomic E-state index is 11.9. The molecule has 17 heavy (non-hydrogen) atoms. The van der Waals surface area contributed by atoms with Gasteiger partial charge in [-0.2, -0.15) is 0 Å². The number of rotatable bonds is 5. The molecule has 1 amide bonds. The minimum absolute atomic E-state index is 0.0195. The third kappa shape index (κ3) is 4.07. The van der Waals surface area contributed by atoms with Crippen molar-refractivity contribution >= 4 is 11.6 Å². The van der Waals surface area contributed by atoms with Crippen molar-refractivity contribution in [3.8, 4) is 0 Å². The number of nitrogens with two attached hydrogens (primary N) is 1. The SMILES string of the molecule is CC(C)C(CCO)NC(=O)c1cccc(N)c1. The van der Waals surface area contributed by atoms with Crippen LogP contribution in [0, 0.1) is 5.92 Å². The van der Waals surface area contributed by atoms with Gasteiger partial charge < -0.3 is 16.2 Å². The van der Waals surface area contributed by atoms with E-state index in [0.29, 0.717) is 17.7 Å². The van der Waals surface area contributed by atoms with Gasteiger partial charge in [-0.25, -0.2) is 0 Å². The van der Waals surface area contributed by atoms with E-state index in [1.165, 1.54) is 0 Å². The molecule has 4 heteroatoms. The summed E-state index contributed by atoms with van der Waals surface area (Å²) in [7, 11) is 0. The summed E-state index contributed by atoms with van der Waals surface area (Å²) in [5.41, 5.74) is 6.75. The number of aliphatic hydroxyl groups is 1. The maximum absolute atomic E-state index is 11.9. The predicted molar refractivity (Wildman–Crippen MR) is 68.6 cm³/mol. The number of amides is 1. The molecule has 94 valence electrons. The molecule has 0 aliphatic rings. The summed E-state index contributed by atoms with van der Waals surface area (Å²) in [5.74, 6) is 0.136. The summed E-state index contributed by atoms with van der Waals surface area (Å²) in [6, 6.07) is 6.84. The van der Waals surface area contributed by atoms with Gasteiger partial charge in [-0.1, -0.05) is 19.9 Å². The fourth-order valence-corrected chi connectivity index (χ4v) is 1.64. The lowest BCUT2D eigenvalue weighted by atomic mass is 10.0. The number of hydrogen-bond donors (Lipinski definition) is 3. The summed E-state index contributed by atoms with van der Waals surface area (Å²) in [4.78, 5) is 11.9. The second-order valence-electron chi connectivity index (χ2n) is 4.46. The van der Waals surface area contributed by atoms with Crippen LogP contribution in [0.1, 0.15) is 30.6 Å². The minimum Gasteiger partial charge on any atom is -0.399 e. The molecule has 0 aromatic heterocycles. The van der Waals surface area contributed by atoms with Crippen LogP contribution in [0.5, 0.6) is 0 Å². The van der Waals surface area contributed by atoms with Crippen molar-refractivity contribution in [1.29, 1.82) is 0 Å². The van der Waals surface area contributed by atoms with Crippen molar-refractivity contribution < 1.29 is 9.90 Å². The van der Waals surface area contributed by atoms with Gasteiger partial charge in [-0.3, -0.25) is 4.79 Å². The van der Waals surface area contributed by atoms with Gasteiger partial charge in [0.15, 0.2) is 0 Å². The van der Waals surface area contributed by atoms with Crippen LogP contribution in [0.25, 0.3) is 0 Å². The van der Waals surface area contributed by atoms with Crippen LogP contribution in [0.2, 0.25) is 0 Å². The summed E-state index contributed by atoms with van der Waals surface area (Å²) in [6.45, 7) is 4.10. The summed E-state index contributed by atoms with van der Waals surface area (Å²) >= 11 is 0. The van der Waals surface area contributed by atoms with Gasteiger partial charge in [0.25, 0.3) is 5.91 Å². The predicted octanol–water partition coefficient (Wildman–Crippen LogP) is 1.41. The number of carbonyl (C=O) groups is 1. The third-order valence-corrected chi connectivity index (χ3v) is 2.71. The van der Waals surface area contributed by atoms with Crippen LogP contribution in [-0.4, -0.2) is 23.7 Å². The Bertz CT molecular complexity index is 377. The molecule has 4 N–H and O–H groups in total. The van der Waals surface area contributed by atoms with E-state index >= 15 is 0 Å². The topological polar surface area (TPSA) is 75.3 Å². The molecule has 1 unspecified atom stereocenters. The van der Waals surface area contributed by atoms with Crippen molar-refractivity contribution in [2.24, 2.45) is 5.92 Å². The first-order valence-corrected chi connectivity index (χ1v) is 5.82. The van der Waals surface area contributed by atoms with Crippen LogP contribution >= 0.6 is 0 Å². The minimum atomic E-state index is -0.149. The van der Waals surface area contributed by atoms with Crippen LogP contribution in [0.3, 0.4) is 0 Å². The highest BCUT2D eigenvalue weighted by molar-refractivity contribution is 5.95. The molecular formula is C13H20N2O2. The maximum Gasteiger partial charge on any atom is 0.251 e. The monoisotopic (exact) mass is 236 g/mol. The van der Waals surface area contributed by atoms with E-state index in [1.807, 2.05) is 13.8 Å². The molecule has 0 radical (unpaired) electrons. The highest BCUT2D eigenvalue weighted by atomic mass is 16.3. The molecule has 0 saturated heterocycles. The Balaban J connectivity index is 2.70. The number of hydrogen-bond acceptors (Lipinski definition) is 3. The first kappa shape index (κ1) is 13.5. The number of carbonyl (C=O) groups excluding carboxylic acids is 1. The van der Waals surface area contributed by atoms with Gasteiger partial charge in [-0.05, 0) is 30.5 Å². The second-order valence-corrected chi connectivity index (χ2v) is 4.46. The summed E-state index contributed by atoms with van der Waals surface area (Å²) in [5, 5.41) is 11.8. The van der Waals surface area contributed by atoms with E-state index in [1.54, 1.807) is 24.3 Å². The lowest BCUT2D eigenvalue weighted by Gasteiger charge is -2.21. The van der Waals surface area contributed by atoms with Crippen LogP contribution in [0.4, 0.5) is 5.69 Å². The second kappa shape index (κ2) is 6.25. The molecule has 4 nitrogen and oxygen atoms in total. The Hall–Kier alpha value is -1.55. The number of benzene rings is 1. The molecule has 0 saturated carbocycles. The number of anilines is 1. The van der Waals surface area contributed by atoms with Gasteiger partial charge in [0.1, 0.15) is 0 Å². The van der Waals surface area contributed by atoms with Gasteiger partial charge in [-0.15, -0.1) is 0 Å².